The Balaban J connectivity index is 2.04. The maximum atomic E-state index is 5.42. The number of aryl methyl sites for hydroxylation is 1. The van der Waals surface area contributed by atoms with Crippen LogP contribution in [-0.4, -0.2) is 17.7 Å². The molecule has 0 atom stereocenters. The van der Waals surface area contributed by atoms with E-state index in [1.54, 1.807) is 11.3 Å². The van der Waals surface area contributed by atoms with Gasteiger partial charge in [-0.1, -0.05) is 0 Å². The van der Waals surface area contributed by atoms with Crippen LogP contribution < -0.4 is 0 Å². The number of ether oxygens (including phenoxy) is 1. The van der Waals surface area contributed by atoms with Gasteiger partial charge in [-0.25, -0.2) is 0 Å². The lowest BCUT2D eigenvalue weighted by Crippen LogP contribution is -2.04. The first kappa shape index (κ1) is 9.68. The maximum absolute atomic E-state index is 5.42. The third kappa shape index (κ3) is 3.83. The summed E-state index contributed by atoms with van der Waals surface area (Å²) in [6.45, 7) is 4.98. The van der Waals surface area contributed by atoms with Gasteiger partial charge in [0, 0.05) is 17.7 Å². The average Bonchev–Trinajstić information content (AvgIpc) is 2.49. The molecule has 0 radical (unpaired) electrons. The summed E-state index contributed by atoms with van der Waals surface area (Å²) in [5.41, 5.74) is 1.87. The summed E-state index contributed by atoms with van der Waals surface area (Å²) in [5, 5.41) is 0. The van der Waals surface area contributed by atoms with Gasteiger partial charge < -0.3 is 4.74 Å². The SMILES string of the molecule is CC(C)OCCCc1cncs1. The minimum absolute atomic E-state index is 0.353. The molecule has 0 aromatic carbocycles. The van der Waals surface area contributed by atoms with Crippen LogP contribution in [0.3, 0.4) is 0 Å². The lowest BCUT2D eigenvalue weighted by atomic mass is 10.3. The molecule has 0 aliphatic heterocycles. The summed E-state index contributed by atoms with van der Waals surface area (Å²) >= 11 is 1.72. The molecule has 0 amide bonds. The Kier molecular flexibility index (Phi) is 4.25. The fraction of sp³-hybridized carbons (Fsp3) is 0.667. The highest BCUT2D eigenvalue weighted by Gasteiger charge is 1.96. The molecule has 0 aliphatic carbocycles. The van der Waals surface area contributed by atoms with Gasteiger partial charge in [0.2, 0.25) is 0 Å². The molecule has 0 unspecified atom stereocenters. The van der Waals surface area contributed by atoms with Gasteiger partial charge in [0.05, 0.1) is 11.6 Å². The van der Waals surface area contributed by atoms with Crippen LogP contribution >= 0.6 is 11.3 Å². The second-order valence-corrected chi connectivity index (χ2v) is 3.96. The van der Waals surface area contributed by atoms with Crippen molar-refractivity contribution in [3.63, 3.8) is 0 Å². The minimum atomic E-state index is 0.353. The average molecular weight is 185 g/mol. The van der Waals surface area contributed by atoms with Gasteiger partial charge in [-0.2, -0.15) is 0 Å². The number of aromatic nitrogens is 1. The summed E-state index contributed by atoms with van der Waals surface area (Å²) in [5.74, 6) is 0. The monoisotopic (exact) mass is 185 g/mol. The smallest absolute Gasteiger partial charge is 0.0794 e. The molecule has 0 spiro atoms. The zero-order chi connectivity index (χ0) is 8.81. The van der Waals surface area contributed by atoms with Crippen LogP contribution in [0.1, 0.15) is 25.1 Å². The summed E-state index contributed by atoms with van der Waals surface area (Å²) < 4.78 is 5.42. The van der Waals surface area contributed by atoms with Crippen molar-refractivity contribution in [3.05, 3.63) is 16.6 Å². The molecule has 1 aromatic heterocycles. The van der Waals surface area contributed by atoms with Crippen LogP contribution in [0, 0.1) is 0 Å². The first-order valence-electron chi connectivity index (χ1n) is 4.28. The topological polar surface area (TPSA) is 22.1 Å². The molecular formula is C9H15NOS. The third-order valence-electron chi connectivity index (χ3n) is 1.50. The molecule has 0 aliphatic rings. The fourth-order valence-corrected chi connectivity index (χ4v) is 1.57. The van der Waals surface area contributed by atoms with E-state index in [9.17, 15) is 0 Å². The van der Waals surface area contributed by atoms with Crippen LogP contribution in [0.25, 0.3) is 0 Å². The van der Waals surface area contributed by atoms with E-state index in [1.807, 2.05) is 11.7 Å². The second-order valence-electron chi connectivity index (χ2n) is 2.99. The van der Waals surface area contributed by atoms with Gasteiger partial charge in [0.1, 0.15) is 0 Å². The summed E-state index contributed by atoms with van der Waals surface area (Å²) in [7, 11) is 0. The molecule has 1 aromatic rings. The summed E-state index contributed by atoms with van der Waals surface area (Å²) in [6, 6.07) is 0. The van der Waals surface area contributed by atoms with Gasteiger partial charge in [0.15, 0.2) is 0 Å². The normalized spacial score (nSPS) is 10.9. The van der Waals surface area contributed by atoms with Gasteiger partial charge >= 0.3 is 0 Å². The Bertz CT molecular complexity index is 196. The van der Waals surface area contributed by atoms with Crippen LogP contribution in [0.2, 0.25) is 0 Å². The molecule has 12 heavy (non-hydrogen) atoms. The van der Waals surface area contributed by atoms with Crippen LogP contribution in [-0.2, 0) is 11.2 Å². The molecule has 1 heterocycles. The minimum Gasteiger partial charge on any atom is -0.379 e. The Morgan fingerprint density at radius 3 is 3.00 bits per heavy atom. The molecule has 0 saturated carbocycles. The van der Waals surface area contributed by atoms with Crippen LogP contribution in [0.5, 0.6) is 0 Å². The highest BCUT2D eigenvalue weighted by molar-refractivity contribution is 7.09. The highest BCUT2D eigenvalue weighted by atomic mass is 32.1. The molecule has 0 N–H and O–H groups in total. The molecule has 0 bridgehead atoms. The van der Waals surface area contributed by atoms with E-state index in [1.165, 1.54) is 4.88 Å². The molecule has 3 heteroatoms. The van der Waals surface area contributed by atoms with Crippen LogP contribution in [0.15, 0.2) is 11.7 Å². The van der Waals surface area contributed by atoms with E-state index in [0.29, 0.717) is 6.10 Å². The van der Waals surface area contributed by atoms with Crippen molar-refractivity contribution < 1.29 is 4.74 Å². The van der Waals surface area contributed by atoms with E-state index in [-0.39, 0.29) is 0 Å². The standard InChI is InChI=1S/C9H15NOS/c1-8(2)11-5-3-4-9-6-10-7-12-9/h6-8H,3-5H2,1-2H3. The van der Waals surface area contributed by atoms with Crippen molar-refractivity contribution in [2.45, 2.75) is 32.8 Å². The highest BCUT2D eigenvalue weighted by Crippen LogP contribution is 2.08. The predicted molar refractivity (Wildman–Crippen MR) is 51.5 cm³/mol. The Morgan fingerprint density at radius 1 is 1.58 bits per heavy atom. The zero-order valence-corrected chi connectivity index (χ0v) is 8.43. The molecule has 0 saturated heterocycles. The first-order chi connectivity index (χ1) is 5.79. The van der Waals surface area contributed by atoms with E-state index < -0.39 is 0 Å². The Morgan fingerprint density at radius 2 is 2.42 bits per heavy atom. The molecule has 2 nitrogen and oxygen atoms in total. The van der Waals surface area contributed by atoms with E-state index in [4.69, 9.17) is 4.74 Å². The van der Waals surface area contributed by atoms with Crippen molar-refractivity contribution in [3.8, 4) is 0 Å². The first-order valence-corrected chi connectivity index (χ1v) is 5.16. The van der Waals surface area contributed by atoms with Crippen molar-refractivity contribution in [1.29, 1.82) is 0 Å². The van der Waals surface area contributed by atoms with Gasteiger partial charge in [-0.05, 0) is 26.7 Å². The molecular weight excluding hydrogens is 170 g/mol. The number of thiazole rings is 1. The molecule has 68 valence electrons. The number of rotatable bonds is 5. The summed E-state index contributed by atoms with van der Waals surface area (Å²) in [4.78, 5) is 5.36. The second kappa shape index (κ2) is 5.27. The maximum Gasteiger partial charge on any atom is 0.0794 e. The van der Waals surface area contributed by atoms with Crippen LogP contribution in [0.4, 0.5) is 0 Å². The van der Waals surface area contributed by atoms with Crippen molar-refractivity contribution >= 4 is 11.3 Å². The molecule has 0 fully saturated rings. The fourth-order valence-electron chi connectivity index (χ4n) is 0.931. The van der Waals surface area contributed by atoms with Crippen molar-refractivity contribution in [1.82, 2.24) is 4.98 Å². The quantitative estimate of drug-likeness (QED) is 0.657. The lowest BCUT2D eigenvalue weighted by Gasteiger charge is -2.05. The lowest BCUT2D eigenvalue weighted by molar-refractivity contribution is 0.0773. The van der Waals surface area contributed by atoms with Gasteiger partial charge in [0.25, 0.3) is 0 Å². The van der Waals surface area contributed by atoms with Gasteiger partial charge in [-0.3, -0.25) is 4.98 Å². The Hall–Kier alpha value is -0.410. The van der Waals surface area contributed by atoms with E-state index in [2.05, 4.69) is 18.8 Å². The van der Waals surface area contributed by atoms with Crippen molar-refractivity contribution in [2.24, 2.45) is 0 Å². The predicted octanol–water partition coefficient (Wildman–Crippen LogP) is 2.50. The molecule has 1 rings (SSSR count). The third-order valence-corrected chi connectivity index (χ3v) is 2.34. The van der Waals surface area contributed by atoms with E-state index >= 15 is 0 Å². The number of hydrogen-bond acceptors (Lipinski definition) is 3. The number of nitrogens with zero attached hydrogens (tertiary/aromatic N) is 1. The Labute approximate surface area is 77.6 Å². The largest absolute Gasteiger partial charge is 0.379 e. The number of hydrogen-bond donors (Lipinski definition) is 0. The van der Waals surface area contributed by atoms with E-state index in [0.717, 1.165) is 19.4 Å². The summed E-state index contributed by atoms with van der Waals surface area (Å²) in [6.07, 6.45) is 4.48. The zero-order valence-electron chi connectivity index (χ0n) is 7.62. The van der Waals surface area contributed by atoms with Gasteiger partial charge in [-0.15, -0.1) is 11.3 Å². The van der Waals surface area contributed by atoms with Crippen molar-refractivity contribution in [2.75, 3.05) is 6.61 Å².